The van der Waals surface area contributed by atoms with Gasteiger partial charge in [0.1, 0.15) is 5.75 Å². The van der Waals surface area contributed by atoms with Crippen molar-refractivity contribution in [2.24, 2.45) is 5.92 Å². The maximum Gasteiger partial charge on any atom is 0.259 e. The Balaban J connectivity index is 1.60. The molecule has 0 atom stereocenters. The number of carbonyl (C=O) groups excluding carboxylic acids is 2. The van der Waals surface area contributed by atoms with E-state index < -0.39 is 0 Å². The van der Waals surface area contributed by atoms with Crippen molar-refractivity contribution in [2.45, 2.75) is 46.0 Å². The Morgan fingerprint density at radius 2 is 1.73 bits per heavy atom. The number of hydrogen-bond acceptors (Lipinski definition) is 3. The molecule has 0 aliphatic carbocycles. The molecule has 3 rings (SSSR count). The highest BCUT2D eigenvalue weighted by molar-refractivity contribution is 6.06. The largest absolute Gasteiger partial charge is 0.493 e. The lowest BCUT2D eigenvalue weighted by molar-refractivity contribution is 0.0697. The third kappa shape index (κ3) is 5.85. The standard InChI is InChI=1S/C25H32N2O3/c1-3-4-7-18-30-23-9-6-5-8-22(23)24(28)26-21-12-10-20(11-13-21)25(29)27-16-14-19(2)15-17-27/h5-6,8-13,19H,3-4,7,14-18H2,1-2H3,(H,26,28). The molecule has 1 fully saturated rings. The summed E-state index contributed by atoms with van der Waals surface area (Å²) in [6.45, 7) is 6.60. The van der Waals surface area contributed by atoms with Crippen molar-refractivity contribution in [3.63, 3.8) is 0 Å². The lowest BCUT2D eigenvalue weighted by Gasteiger charge is -2.30. The predicted molar refractivity (Wildman–Crippen MR) is 120 cm³/mol. The van der Waals surface area contributed by atoms with Gasteiger partial charge in [-0.2, -0.15) is 0 Å². The van der Waals surface area contributed by atoms with Crippen molar-refractivity contribution in [1.29, 1.82) is 0 Å². The van der Waals surface area contributed by atoms with Gasteiger partial charge in [0, 0.05) is 24.3 Å². The molecule has 160 valence electrons. The van der Waals surface area contributed by atoms with Gasteiger partial charge in [-0.25, -0.2) is 0 Å². The molecule has 30 heavy (non-hydrogen) atoms. The SMILES string of the molecule is CCCCCOc1ccccc1C(=O)Nc1ccc(C(=O)N2CCC(C)CC2)cc1. The van der Waals surface area contributed by atoms with Crippen LogP contribution in [0.25, 0.3) is 0 Å². The van der Waals surface area contributed by atoms with Crippen molar-refractivity contribution in [2.75, 3.05) is 25.0 Å². The van der Waals surface area contributed by atoms with Crippen LogP contribution in [-0.4, -0.2) is 36.4 Å². The van der Waals surface area contributed by atoms with Crippen molar-refractivity contribution >= 4 is 17.5 Å². The number of unbranched alkanes of at least 4 members (excludes halogenated alkanes) is 2. The molecule has 0 aromatic heterocycles. The van der Waals surface area contributed by atoms with E-state index in [2.05, 4.69) is 19.2 Å². The topological polar surface area (TPSA) is 58.6 Å². The normalized spacial score (nSPS) is 14.4. The van der Waals surface area contributed by atoms with Crippen molar-refractivity contribution in [3.05, 3.63) is 59.7 Å². The Labute approximate surface area is 179 Å². The zero-order valence-electron chi connectivity index (χ0n) is 18.0. The Hall–Kier alpha value is -2.82. The minimum absolute atomic E-state index is 0.0607. The number of nitrogens with one attached hydrogen (secondary N) is 1. The second-order valence-corrected chi connectivity index (χ2v) is 8.06. The fourth-order valence-corrected chi connectivity index (χ4v) is 3.60. The molecule has 0 radical (unpaired) electrons. The zero-order valence-corrected chi connectivity index (χ0v) is 18.0. The highest BCUT2D eigenvalue weighted by atomic mass is 16.5. The number of hydrogen-bond donors (Lipinski definition) is 1. The molecule has 2 aromatic rings. The second kappa shape index (κ2) is 10.8. The highest BCUT2D eigenvalue weighted by Crippen LogP contribution is 2.22. The molecule has 0 unspecified atom stereocenters. The van der Waals surface area contributed by atoms with Crippen LogP contribution in [0.2, 0.25) is 0 Å². The number of para-hydroxylation sites is 1. The Morgan fingerprint density at radius 3 is 2.43 bits per heavy atom. The smallest absolute Gasteiger partial charge is 0.259 e. The number of rotatable bonds is 8. The van der Waals surface area contributed by atoms with E-state index >= 15 is 0 Å². The average Bonchev–Trinajstić information content (AvgIpc) is 2.77. The average molecular weight is 409 g/mol. The van der Waals surface area contributed by atoms with Gasteiger partial charge < -0.3 is 15.0 Å². The van der Waals surface area contributed by atoms with Crippen molar-refractivity contribution < 1.29 is 14.3 Å². The number of carbonyl (C=O) groups is 2. The van der Waals surface area contributed by atoms with E-state index in [1.165, 1.54) is 0 Å². The predicted octanol–water partition coefficient (Wildman–Crippen LogP) is 5.38. The lowest BCUT2D eigenvalue weighted by atomic mass is 9.98. The molecule has 2 amide bonds. The number of anilines is 1. The third-order valence-electron chi connectivity index (χ3n) is 5.60. The van der Waals surface area contributed by atoms with E-state index in [1.54, 1.807) is 30.3 Å². The summed E-state index contributed by atoms with van der Waals surface area (Å²) in [5.41, 5.74) is 1.82. The molecule has 1 aliphatic heterocycles. The molecule has 1 heterocycles. The summed E-state index contributed by atoms with van der Waals surface area (Å²) >= 11 is 0. The van der Waals surface area contributed by atoms with Crippen LogP contribution < -0.4 is 10.1 Å². The van der Waals surface area contributed by atoms with Gasteiger partial charge >= 0.3 is 0 Å². The number of nitrogens with zero attached hydrogens (tertiary/aromatic N) is 1. The fourth-order valence-electron chi connectivity index (χ4n) is 3.60. The van der Waals surface area contributed by atoms with Gasteiger partial charge in [0.2, 0.25) is 0 Å². The van der Waals surface area contributed by atoms with Gasteiger partial charge in [0.05, 0.1) is 12.2 Å². The van der Waals surface area contributed by atoms with Crippen molar-refractivity contribution in [3.8, 4) is 5.75 Å². The molecule has 2 aromatic carbocycles. The van der Waals surface area contributed by atoms with Crippen LogP contribution in [0.3, 0.4) is 0 Å². The van der Waals surface area contributed by atoms with Crippen molar-refractivity contribution in [1.82, 2.24) is 4.90 Å². The van der Waals surface area contributed by atoms with Crippen LogP contribution in [0.15, 0.2) is 48.5 Å². The van der Waals surface area contributed by atoms with Crippen LogP contribution >= 0.6 is 0 Å². The highest BCUT2D eigenvalue weighted by Gasteiger charge is 2.21. The minimum Gasteiger partial charge on any atom is -0.493 e. The quantitative estimate of drug-likeness (QED) is 0.597. The van der Waals surface area contributed by atoms with Crippen LogP contribution in [0.5, 0.6) is 5.75 Å². The maximum absolute atomic E-state index is 12.8. The van der Waals surface area contributed by atoms with Crippen LogP contribution in [0.4, 0.5) is 5.69 Å². The van der Waals surface area contributed by atoms with Crippen LogP contribution in [0, 0.1) is 5.92 Å². The van der Waals surface area contributed by atoms with Gasteiger partial charge in [-0.05, 0) is 61.6 Å². The number of ether oxygens (including phenoxy) is 1. The summed E-state index contributed by atoms with van der Waals surface area (Å²) in [6.07, 6.45) is 5.31. The van der Waals surface area contributed by atoms with E-state index in [9.17, 15) is 9.59 Å². The van der Waals surface area contributed by atoms with Gasteiger partial charge in [0.15, 0.2) is 0 Å². The number of benzene rings is 2. The summed E-state index contributed by atoms with van der Waals surface area (Å²) < 4.78 is 5.81. The van der Waals surface area contributed by atoms with E-state index in [4.69, 9.17) is 4.74 Å². The first-order valence-corrected chi connectivity index (χ1v) is 11.0. The van der Waals surface area contributed by atoms with Gasteiger partial charge in [-0.15, -0.1) is 0 Å². The summed E-state index contributed by atoms with van der Waals surface area (Å²) in [5, 5.41) is 2.91. The van der Waals surface area contributed by atoms with Crippen LogP contribution in [0.1, 0.15) is 66.7 Å². The number of likely N-dealkylation sites (tertiary alicyclic amines) is 1. The molecule has 1 saturated heterocycles. The van der Waals surface area contributed by atoms with Gasteiger partial charge in [0.25, 0.3) is 11.8 Å². The first kappa shape index (κ1) is 21.9. The van der Waals surface area contributed by atoms with E-state index in [-0.39, 0.29) is 11.8 Å². The molecule has 1 N–H and O–H groups in total. The van der Waals surface area contributed by atoms with Crippen LogP contribution in [-0.2, 0) is 0 Å². The molecular weight excluding hydrogens is 376 g/mol. The first-order chi connectivity index (χ1) is 14.6. The Kier molecular flexibility index (Phi) is 7.89. The molecule has 0 saturated carbocycles. The van der Waals surface area contributed by atoms with E-state index in [1.807, 2.05) is 23.1 Å². The minimum atomic E-state index is -0.217. The molecular formula is C25H32N2O3. The summed E-state index contributed by atoms with van der Waals surface area (Å²) in [5.74, 6) is 1.12. The molecule has 5 nitrogen and oxygen atoms in total. The zero-order chi connectivity index (χ0) is 21.3. The maximum atomic E-state index is 12.8. The van der Waals surface area contributed by atoms with Gasteiger partial charge in [-0.1, -0.05) is 38.8 Å². The van der Waals surface area contributed by atoms with E-state index in [0.29, 0.717) is 35.1 Å². The summed E-state index contributed by atoms with van der Waals surface area (Å²) in [6, 6.07) is 14.4. The third-order valence-corrected chi connectivity index (χ3v) is 5.60. The Morgan fingerprint density at radius 1 is 1.03 bits per heavy atom. The van der Waals surface area contributed by atoms with E-state index in [0.717, 1.165) is 45.2 Å². The monoisotopic (exact) mass is 408 g/mol. The summed E-state index contributed by atoms with van der Waals surface area (Å²) in [7, 11) is 0. The fraction of sp³-hybridized carbons (Fsp3) is 0.440. The number of amides is 2. The molecule has 0 bridgehead atoms. The second-order valence-electron chi connectivity index (χ2n) is 8.06. The molecule has 1 aliphatic rings. The van der Waals surface area contributed by atoms with Gasteiger partial charge in [-0.3, -0.25) is 9.59 Å². The molecule has 5 heteroatoms. The number of piperidine rings is 1. The molecule has 0 spiro atoms. The first-order valence-electron chi connectivity index (χ1n) is 11.0. The lowest BCUT2D eigenvalue weighted by Crippen LogP contribution is -2.37. The summed E-state index contributed by atoms with van der Waals surface area (Å²) in [4.78, 5) is 27.3. The Bertz CT molecular complexity index is 840.